The summed E-state index contributed by atoms with van der Waals surface area (Å²) in [5, 5.41) is 3.32. The Morgan fingerprint density at radius 2 is 1.70 bits per heavy atom. The monoisotopic (exact) mass is 493 g/mol. The van der Waals surface area contributed by atoms with Gasteiger partial charge in [-0.15, -0.1) is 0 Å². The Labute approximate surface area is 201 Å². The molecule has 0 unspecified atom stereocenters. The number of carbonyl (C=O) groups is 2. The van der Waals surface area contributed by atoms with E-state index >= 15 is 0 Å². The fourth-order valence-electron chi connectivity index (χ4n) is 3.53. The highest BCUT2D eigenvalue weighted by atomic mass is 35.5. The molecule has 0 aromatic heterocycles. The van der Waals surface area contributed by atoms with E-state index in [1.54, 1.807) is 55.5 Å². The van der Waals surface area contributed by atoms with Crippen LogP contribution in [0.15, 0.2) is 48.5 Å². The number of nitrogens with one attached hydrogen (secondary N) is 1. The molecule has 2 rings (SSSR count). The Kier molecular flexibility index (Phi) is 9.73. The van der Waals surface area contributed by atoms with E-state index in [1.165, 1.54) is 4.90 Å². The lowest BCUT2D eigenvalue weighted by Crippen LogP contribution is -2.52. The summed E-state index contributed by atoms with van der Waals surface area (Å²) >= 11 is 6.33. The fourth-order valence-corrected chi connectivity index (χ4v) is 4.64. The third-order valence-corrected chi connectivity index (χ3v) is 6.79. The first kappa shape index (κ1) is 26.7. The maximum atomic E-state index is 13.6. The first-order chi connectivity index (χ1) is 15.6. The predicted molar refractivity (Wildman–Crippen MR) is 133 cm³/mol. The van der Waals surface area contributed by atoms with Crippen LogP contribution in [-0.4, -0.2) is 50.5 Å². The van der Waals surface area contributed by atoms with Gasteiger partial charge in [0.05, 0.1) is 11.9 Å². The largest absolute Gasteiger partial charge is 0.354 e. The van der Waals surface area contributed by atoms with E-state index in [9.17, 15) is 18.0 Å². The number of para-hydroxylation sites is 1. The standard InChI is InChI=1S/C24H32ClN3O4S/c1-5-15-26-24(30)21(6-2)27(16-19-12-8-9-13-20(19)25)23(29)17-28(33(4,31)32)22-14-10-7-11-18(22)3/h7-14,21H,5-6,15-17H2,1-4H3,(H,26,30)/t21-/m0/s1. The maximum absolute atomic E-state index is 13.6. The lowest BCUT2D eigenvalue weighted by Gasteiger charge is -2.33. The van der Waals surface area contributed by atoms with Crippen LogP contribution in [0.2, 0.25) is 5.02 Å². The molecule has 2 aromatic rings. The van der Waals surface area contributed by atoms with Crippen molar-refractivity contribution in [3.63, 3.8) is 0 Å². The molecule has 0 bridgehead atoms. The van der Waals surface area contributed by atoms with Crippen molar-refractivity contribution in [2.75, 3.05) is 23.7 Å². The van der Waals surface area contributed by atoms with Crippen molar-refractivity contribution in [3.8, 4) is 0 Å². The van der Waals surface area contributed by atoms with Crippen LogP contribution < -0.4 is 9.62 Å². The fraction of sp³-hybridized carbons (Fsp3) is 0.417. The molecule has 180 valence electrons. The maximum Gasteiger partial charge on any atom is 0.244 e. The number of benzene rings is 2. The van der Waals surface area contributed by atoms with Crippen molar-refractivity contribution in [1.82, 2.24) is 10.2 Å². The lowest BCUT2D eigenvalue weighted by molar-refractivity contribution is -0.140. The number of hydrogen-bond acceptors (Lipinski definition) is 4. The molecule has 1 N–H and O–H groups in total. The average molecular weight is 494 g/mol. The van der Waals surface area contributed by atoms with Crippen LogP contribution in [0.3, 0.4) is 0 Å². The third kappa shape index (κ3) is 7.20. The Morgan fingerprint density at radius 1 is 1.06 bits per heavy atom. The number of carbonyl (C=O) groups excluding carboxylic acids is 2. The topological polar surface area (TPSA) is 86.8 Å². The van der Waals surface area contributed by atoms with Crippen LogP contribution in [0.1, 0.15) is 37.8 Å². The summed E-state index contributed by atoms with van der Waals surface area (Å²) in [6.07, 6.45) is 2.20. The van der Waals surface area contributed by atoms with E-state index in [2.05, 4.69) is 5.32 Å². The molecule has 0 heterocycles. The van der Waals surface area contributed by atoms with Gasteiger partial charge in [0.2, 0.25) is 21.8 Å². The molecule has 9 heteroatoms. The van der Waals surface area contributed by atoms with Crippen LogP contribution in [0.5, 0.6) is 0 Å². The van der Waals surface area contributed by atoms with Gasteiger partial charge in [-0.2, -0.15) is 0 Å². The normalized spacial score (nSPS) is 12.2. The number of anilines is 1. The van der Waals surface area contributed by atoms with Crippen LogP contribution in [0, 0.1) is 6.92 Å². The average Bonchev–Trinajstić information content (AvgIpc) is 2.76. The summed E-state index contributed by atoms with van der Waals surface area (Å²) in [7, 11) is -3.76. The number of sulfonamides is 1. The number of amides is 2. The zero-order valence-electron chi connectivity index (χ0n) is 19.5. The van der Waals surface area contributed by atoms with Gasteiger partial charge in [0, 0.05) is 18.1 Å². The Hall–Kier alpha value is -2.58. The van der Waals surface area contributed by atoms with Crippen molar-refractivity contribution in [3.05, 3.63) is 64.7 Å². The number of aryl methyl sites for hydroxylation is 1. The van der Waals surface area contributed by atoms with Crippen molar-refractivity contribution in [2.24, 2.45) is 0 Å². The molecule has 0 radical (unpaired) electrons. The summed E-state index contributed by atoms with van der Waals surface area (Å²) in [4.78, 5) is 27.9. The van der Waals surface area contributed by atoms with Gasteiger partial charge in [-0.3, -0.25) is 13.9 Å². The highest BCUT2D eigenvalue weighted by molar-refractivity contribution is 7.92. The zero-order valence-corrected chi connectivity index (χ0v) is 21.1. The van der Waals surface area contributed by atoms with E-state index < -0.39 is 28.5 Å². The van der Waals surface area contributed by atoms with Crippen molar-refractivity contribution < 1.29 is 18.0 Å². The van der Waals surface area contributed by atoms with Gasteiger partial charge in [-0.05, 0) is 43.0 Å². The predicted octanol–water partition coefficient (Wildman–Crippen LogP) is 3.75. The molecule has 0 aliphatic rings. The molecule has 2 aromatic carbocycles. The zero-order chi connectivity index (χ0) is 24.6. The summed E-state index contributed by atoms with van der Waals surface area (Å²) in [6.45, 7) is 5.70. The van der Waals surface area contributed by atoms with Crippen LogP contribution in [0.25, 0.3) is 0 Å². The Balaban J connectivity index is 2.45. The first-order valence-corrected chi connectivity index (χ1v) is 13.2. The van der Waals surface area contributed by atoms with Gasteiger partial charge in [-0.25, -0.2) is 8.42 Å². The SMILES string of the molecule is CCCNC(=O)[C@H](CC)N(Cc1ccccc1Cl)C(=O)CN(c1ccccc1C)S(C)(=O)=O. The number of rotatable bonds is 11. The van der Waals surface area contributed by atoms with Crippen molar-refractivity contribution >= 4 is 39.1 Å². The first-order valence-electron chi connectivity index (χ1n) is 10.9. The molecule has 0 aliphatic heterocycles. The molecule has 1 atom stereocenters. The Morgan fingerprint density at radius 3 is 2.27 bits per heavy atom. The van der Waals surface area contributed by atoms with Gasteiger partial charge < -0.3 is 10.2 Å². The van der Waals surface area contributed by atoms with E-state index in [0.29, 0.717) is 29.2 Å². The number of halogens is 1. The van der Waals surface area contributed by atoms with E-state index in [-0.39, 0.29) is 12.5 Å². The molecule has 33 heavy (non-hydrogen) atoms. The number of nitrogens with zero attached hydrogens (tertiary/aromatic N) is 2. The molecule has 0 fully saturated rings. The van der Waals surface area contributed by atoms with Gasteiger partial charge >= 0.3 is 0 Å². The minimum Gasteiger partial charge on any atom is -0.354 e. The highest BCUT2D eigenvalue weighted by Crippen LogP contribution is 2.24. The van der Waals surface area contributed by atoms with Gasteiger partial charge in [-0.1, -0.05) is 61.8 Å². The summed E-state index contributed by atoms with van der Waals surface area (Å²) in [6, 6.07) is 13.3. The second-order valence-electron chi connectivity index (χ2n) is 7.88. The van der Waals surface area contributed by atoms with Crippen LogP contribution >= 0.6 is 11.6 Å². The van der Waals surface area contributed by atoms with E-state index in [0.717, 1.165) is 22.5 Å². The molecule has 2 amide bonds. The summed E-state index contributed by atoms with van der Waals surface area (Å²) in [5.41, 5.74) is 1.83. The van der Waals surface area contributed by atoms with Crippen LogP contribution in [-0.2, 0) is 26.2 Å². The summed E-state index contributed by atoms with van der Waals surface area (Å²) < 4.78 is 26.3. The minimum atomic E-state index is -3.76. The quantitative estimate of drug-likeness (QED) is 0.516. The van der Waals surface area contributed by atoms with E-state index in [4.69, 9.17) is 11.6 Å². The molecule has 7 nitrogen and oxygen atoms in total. The third-order valence-electron chi connectivity index (χ3n) is 5.30. The Bertz CT molecular complexity index is 1070. The minimum absolute atomic E-state index is 0.0853. The molecule has 0 saturated carbocycles. The van der Waals surface area contributed by atoms with E-state index in [1.807, 2.05) is 13.8 Å². The van der Waals surface area contributed by atoms with Gasteiger partial charge in [0.15, 0.2) is 0 Å². The molecule has 0 spiro atoms. The molecular weight excluding hydrogens is 462 g/mol. The van der Waals surface area contributed by atoms with Gasteiger partial charge in [0.1, 0.15) is 12.6 Å². The molecular formula is C24H32ClN3O4S. The number of hydrogen-bond donors (Lipinski definition) is 1. The molecule has 0 aliphatic carbocycles. The van der Waals surface area contributed by atoms with Crippen molar-refractivity contribution in [1.29, 1.82) is 0 Å². The smallest absolute Gasteiger partial charge is 0.244 e. The summed E-state index contributed by atoms with van der Waals surface area (Å²) in [5.74, 6) is -0.761. The van der Waals surface area contributed by atoms with Crippen LogP contribution in [0.4, 0.5) is 5.69 Å². The highest BCUT2D eigenvalue weighted by Gasteiger charge is 2.32. The van der Waals surface area contributed by atoms with Gasteiger partial charge in [0.25, 0.3) is 0 Å². The second kappa shape index (κ2) is 12.0. The molecule has 0 saturated heterocycles. The lowest BCUT2D eigenvalue weighted by atomic mass is 10.1. The van der Waals surface area contributed by atoms with Crippen molar-refractivity contribution in [2.45, 2.75) is 46.2 Å². The second-order valence-corrected chi connectivity index (χ2v) is 10.2.